The fourth-order valence-corrected chi connectivity index (χ4v) is 4.34. The molecule has 170 valence electrons. The van der Waals surface area contributed by atoms with E-state index in [1.807, 2.05) is 86.6 Å². The van der Waals surface area contributed by atoms with Gasteiger partial charge in [-0.2, -0.15) is 0 Å². The number of rotatable bonds is 5. The number of anilines is 2. The summed E-state index contributed by atoms with van der Waals surface area (Å²) in [5, 5.41) is 5.22. The van der Waals surface area contributed by atoms with Gasteiger partial charge in [-0.05, 0) is 78.2 Å². The Morgan fingerprint density at radius 1 is 0.882 bits per heavy atom. The third-order valence-electron chi connectivity index (χ3n) is 6.23. The third kappa shape index (κ3) is 4.50. The van der Waals surface area contributed by atoms with Crippen LogP contribution in [0.4, 0.5) is 11.4 Å². The lowest BCUT2D eigenvalue weighted by molar-refractivity contribution is -0.122. The second kappa shape index (κ2) is 9.02. The maximum Gasteiger partial charge on any atom is 0.229 e. The largest absolute Gasteiger partial charge is 0.457 e. The number of nitrogens with one attached hydrogen (secondary N) is 1. The first-order valence-electron chi connectivity index (χ1n) is 11.4. The van der Waals surface area contributed by atoms with Crippen molar-refractivity contribution >= 4 is 34.0 Å². The Morgan fingerprint density at radius 2 is 1.62 bits per heavy atom. The Hall–Kier alpha value is -4.12. The van der Waals surface area contributed by atoms with E-state index < -0.39 is 0 Å². The van der Waals surface area contributed by atoms with E-state index in [0.717, 1.165) is 33.3 Å². The summed E-state index contributed by atoms with van der Waals surface area (Å²) in [6.45, 7) is 4.37. The summed E-state index contributed by atoms with van der Waals surface area (Å²) in [5.41, 5.74) is 3.68. The number of fused-ring (bicyclic) bond motifs is 1. The highest BCUT2D eigenvalue weighted by atomic mass is 16.5. The van der Waals surface area contributed by atoms with E-state index >= 15 is 0 Å². The van der Waals surface area contributed by atoms with Crippen LogP contribution in [-0.4, -0.2) is 18.4 Å². The van der Waals surface area contributed by atoms with E-state index in [1.54, 1.807) is 4.90 Å². The summed E-state index contributed by atoms with van der Waals surface area (Å²) in [6.07, 6.45) is 0.211. The highest BCUT2D eigenvalue weighted by molar-refractivity contribution is 6.03. The second-order valence-electron chi connectivity index (χ2n) is 8.82. The lowest BCUT2D eigenvalue weighted by Crippen LogP contribution is -2.28. The highest BCUT2D eigenvalue weighted by Gasteiger charge is 2.35. The number of hydrogen-bond donors (Lipinski definition) is 1. The van der Waals surface area contributed by atoms with Crippen LogP contribution in [0.15, 0.2) is 84.9 Å². The molecular weight excluding hydrogens is 424 g/mol. The number of amides is 2. The van der Waals surface area contributed by atoms with Crippen molar-refractivity contribution in [1.29, 1.82) is 0 Å². The third-order valence-corrected chi connectivity index (χ3v) is 6.23. The Labute approximate surface area is 199 Å². The molecule has 1 N–H and O–H groups in total. The van der Waals surface area contributed by atoms with Crippen molar-refractivity contribution in [1.82, 2.24) is 0 Å². The van der Waals surface area contributed by atoms with Crippen molar-refractivity contribution in [2.75, 3.05) is 16.8 Å². The Bertz CT molecular complexity index is 1380. The molecule has 4 aromatic carbocycles. The molecule has 1 heterocycles. The van der Waals surface area contributed by atoms with Gasteiger partial charge in [0.05, 0.1) is 5.92 Å². The molecule has 0 radical (unpaired) electrons. The van der Waals surface area contributed by atoms with Crippen molar-refractivity contribution in [2.45, 2.75) is 20.3 Å². The fourth-order valence-electron chi connectivity index (χ4n) is 4.34. The number of nitrogens with zero attached hydrogens (tertiary/aromatic N) is 1. The number of hydrogen-bond acceptors (Lipinski definition) is 3. The molecular formula is C29H26N2O3. The molecule has 4 aromatic rings. The van der Waals surface area contributed by atoms with Crippen molar-refractivity contribution in [3.8, 4) is 11.5 Å². The minimum absolute atomic E-state index is 0.0204. The zero-order chi connectivity index (χ0) is 23.7. The molecule has 0 unspecified atom stereocenters. The maximum absolute atomic E-state index is 12.9. The summed E-state index contributed by atoms with van der Waals surface area (Å²) < 4.78 is 5.98. The molecule has 1 aliphatic heterocycles. The zero-order valence-electron chi connectivity index (χ0n) is 19.2. The average Bonchev–Trinajstić information content (AvgIpc) is 3.23. The van der Waals surface area contributed by atoms with Gasteiger partial charge in [0.25, 0.3) is 0 Å². The molecule has 0 spiro atoms. The molecule has 0 saturated carbocycles. The number of benzene rings is 4. The summed E-state index contributed by atoms with van der Waals surface area (Å²) in [4.78, 5) is 27.2. The molecule has 1 fully saturated rings. The van der Waals surface area contributed by atoms with Gasteiger partial charge in [-0.1, -0.05) is 42.5 Å². The Balaban J connectivity index is 1.23. The second-order valence-corrected chi connectivity index (χ2v) is 8.82. The Morgan fingerprint density at radius 3 is 2.41 bits per heavy atom. The predicted molar refractivity (Wildman–Crippen MR) is 135 cm³/mol. The van der Waals surface area contributed by atoms with Gasteiger partial charge in [-0.15, -0.1) is 0 Å². The lowest BCUT2D eigenvalue weighted by Gasteiger charge is -2.19. The van der Waals surface area contributed by atoms with Crippen LogP contribution in [-0.2, 0) is 9.59 Å². The van der Waals surface area contributed by atoms with E-state index in [4.69, 9.17) is 4.74 Å². The number of aryl methyl sites for hydroxylation is 2. The van der Waals surface area contributed by atoms with Crippen LogP contribution >= 0.6 is 0 Å². The molecule has 0 aromatic heterocycles. The zero-order valence-corrected chi connectivity index (χ0v) is 19.2. The molecule has 1 atom stereocenters. The van der Waals surface area contributed by atoms with E-state index in [1.165, 1.54) is 0 Å². The van der Waals surface area contributed by atoms with Crippen molar-refractivity contribution < 1.29 is 14.3 Å². The standard InChI is InChI=1S/C29H26N2O3/c1-19-7-8-20(2)27(15-19)31-18-23(17-28(31)32)29(33)30-24-10-13-25(14-11-24)34-26-12-9-21-5-3-4-6-22(21)16-26/h3-16,23H,17-18H2,1-2H3,(H,30,33)/t23-/m0/s1. The summed E-state index contributed by atoms with van der Waals surface area (Å²) >= 11 is 0. The summed E-state index contributed by atoms with van der Waals surface area (Å²) in [5.74, 6) is 0.884. The summed E-state index contributed by atoms with van der Waals surface area (Å²) in [7, 11) is 0. The van der Waals surface area contributed by atoms with Gasteiger partial charge in [0.1, 0.15) is 11.5 Å². The molecule has 1 saturated heterocycles. The van der Waals surface area contributed by atoms with Crippen LogP contribution in [0, 0.1) is 19.8 Å². The van der Waals surface area contributed by atoms with E-state index in [2.05, 4.69) is 17.4 Å². The summed E-state index contributed by atoms with van der Waals surface area (Å²) in [6, 6.07) is 27.4. The molecule has 0 bridgehead atoms. The molecule has 1 aliphatic rings. The number of ether oxygens (including phenoxy) is 1. The van der Waals surface area contributed by atoms with Gasteiger partial charge in [0, 0.05) is 24.3 Å². The average molecular weight is 451 g/mol. The van der Waals surface area contributed by atoms with Crippen molar-refractivity contribution in [2.24, 2.45) is 5.92 Å². The van der Waals surface area contributed by atoms with Crippen LogP contribution < -0.4 is 15.0 Å². The van der Waals surface area contributed by atoms with Crippen LogP contribution in [0.5, 0.6) is 11.5 Å². The molecule has 0 aliphatic carbocycles. The van der Waals surface area contributed by atoms with Gasteiger partial charge in [0.2, 0.25) is 11.8 Å². The molecule has 34 heavy (non-hydrogen) atoms. The smallest absolute Gasteiger partial charge is 0.229 e. The van der Waals surface area contributed by atoms with Gasteiger partial charge < -0.3 is 15.0 Å². The first-order valence-corrected chi connectivity index (χ1v) is 11.4. The van der Waals surface area contributed by atoms with E-state index in [0.29, 0.717) is 18.0 Å². The first-order chi connectivity index (χ1) is 16.5. The molecule has 2 amide bonds. The van der Waals surface area contributed by atoms with Crippen molar-refractivity contribution in [3.05, 3.63) is 96.1 Å². The predicted octanol–water partition coefficient (Wildman–Crippen LogP) is 6.24. The SMILES string of the molecule is Cc1ccc(C)c(N2C[C@@H](C(=O)Nc3ccc(Oc4ccc5ccccc5c4)cc3)CC2=O)c1. The topological polar surface area (TPSA) is 58.6 Å². The quantitative estimate of drug-likeness (QED) is 0.391. The highest BCUT2D eigenvalue weighted by Crippen LogP contribution is 2.30. The normalized spacial score (nSPS) is 15.5. The van der Waals surface area contributed by atoms with Crippen LogP contribution in [0.25, 0.3) is 10.8 Å². The van der Waals surface area contributed by atoms with E-state index in [-0.39, 0.29) is 24.2 Å². The minimum atomic E-state index is -0.388. The Kier molecular flexibility index (Phi) is 5.76. The molecule has 5 rings (SSSR count). The van der Waals surface area contributed by atoms with Crippen LogP contribution in [0.1, 0.15) is 17.5 Å². The van der Waals surface area contributed by atoms with Crippen molar-refractivity contribution in [3.63, 3.8) is 0 Å². The fraction of sp³-hybridized carbons (Fsp3) is 0.172. The van der Waals surface area contributed by atoms with Gasteiger partial charge >= 0.3 is 0 Å². The maximum atomic E-state index is 12.9. The van der Waals surface area contributed by atoms with Gasteiger partial charge in [-0.3, -0.25) is 9.59 Å². The van der Waals surface area contributed by atoms with Gasteiger partial charge in [0.15, 0.2) is 0 Å². The first kappa shape index (κ1) is 21.7. The van der Waals surface area contributed by atoms with Gasteiger partial charge in [-0.25, -0.2) is 0 Å². The molecule has 5 nitrogen and oxygen atoms in total. The molecule has 5 heteroatoms. The van der Waals surface area contributed by atoms with Crippen LogP contribution in [0.2, 0.25) is 0 Å². The lowest BCUT2D eigenvalue weighted by atomic mass is 10.1. The van der Waals surface area contributed by atoms with E-state index in [9.17, 15) is 9.59 Å². The van der Waals surface area contributed by atoms with Crippen LogP contribution in [0.3, 0.4) is 0 Å². The monoisotopic (exact) mass is 450 g/mol. The number of carbonyl (C=O) groups is 2. The minimum Gasteiger partial charge on any atom is -0.457 e. The number of carbonyl (C=O) groups excluding carboxylic acids is 2.